The topological polar surface area (TPSA) is 144 Å². The smallest absolute Gasteiger partial charge is 0.324 e. The second-order valence-corrected chi connectivity index (χ2v) is 16.4. The van der Waals surface area contributed by atoms with Crippen molar-refractivity contribution < 1.29 is 33.7 Å². The first-order chi connectivity index (χ1) is 26.5. The van der Waals surface area contributed by atoms with Crippen LogP contribution in [0, 0.1) is 23.2 Å². The minimum atomic E-state index is -0.928. The predicted molar refractivity (Wildman–Crippen MR) is 207 cm³/mol. The number of phenolic OH excluding ortho intramolecular Hbond substituents is 1. The number of amides is 2. The molecule has 2 aromatic heterocycles. The lowest BCUT2D eigenvalue weighted by atomic mass is 9.84. The van der Waals surface area contributed by atoms with E-state index in [-0.39, 0.29) is 54.4 Å². The van der Waals surface area contributed by atoms with Crippen LogP contribution in [0.4, 0.5) is 0 Å². The molecule has 3 fully saturated rings. The Morgan fingerprint density at radius 1 is 1.13 bits per heavy atom. The summed E-state index contributed by atoms with van der Waals surface area (Å²) in [6.07, 6.45) is 3.39. The quantitative estimate of drug-likeness (QED) is 0.223. The third-order valence-corrected chi connectivity index (χ3v) is 11.9. The monoisotopic (exact) mass is 749 g/mol. The molecule has 55 heavy (non-hydrogen) atoms. The number of cyclic esters (lactones) is 1. The molecule has 2 amide bonds. The van der Waals surface area contributed by atoms with E-state index in [2.05, 4.69) is 60.3 Å². The number of methoxy groups -OCH3 is 1. The number of fused-ring (bicyclic) bond motifs is 7. The average Bonchev–Trinajstić information content (AvgIpc) is 3.50. The number of nitrogens with one attached hydrogen (secondary N) is 2. The van der Waals surface area contributed by atoms with Crippen molar-refractivity contribution in [2.24, 2.45) is 23.2 Å². The van der Waals surface area contributed by atoms with Gasteiger partial charge in [0.05, 0.1) is 37.3 Å². The van der Waals surface area contributed by atoms with Crippen molar-refractivity contribution in [3.8, 4) is 28.1 Å². The lowest BCUT2D eigenvalue weighted by Crippen LogP contribution is -2.60. The van der Waals surface area contributed by atoms with Gasteiger partial charge in [0.2, 0.25) is 5.91 Å². The highest BCUT2D eigenvalue weighted by Gasteiger charge is 2.58. The normalized spacial score (nSPS) is 25.5. The van der Waals surface area contributed by atoms with E-state index < -0.39 is 23.5 Å². The molecule has 1 aliphatic carbocycles. The van der Waals surface area contributed by atoms with E-state index >= 15 is 0 Å². The zero-order valence-electron chi connectivity index (χ0n) is 32.3. The van der Waals surface area contributed by atoms with Gasteiger partial charge in [-0.1, -0.05) is 26.0 Å². The van der Waals surface area contributed by atoms with Gasteiger partial charge in [-0.2, -0.15) is 0 Å². The Hall–Kier alpha value is -4.78. The van der Waals surface area contributed by atoms with E-state index in [1.54, 1.807) is 25.4 Å². The summed E-state index contributed by atoms with van der Waals surface area (Å²) in [6.45, 7) is 10.7. The highest BCUT2D eigenvalue weighted by atomic mass is 16.5. The van der Waals surface area contributed by atoms with Gasteiger partial charge in [0.25, 0.3) is 5.91 Å². The summed E-state index contributed by atoms with van der Waals surface area (Å²) in [5.41, 5.74) is 10.0. The lowest BCUT2D eigenvalue weighted by Gasteiger charge is -2.35. The number of carbonyl (C=O) groups excluding carboxylic acids is 3. The van der Waals surface area contributed by atoms with Gasteiger partial charge in [-0.3, -0.25) is 24.4 Å². The van der Waals surface area contributed by atoms with Crippen molar-refractivity contribution in [1.29, 1.82) is 0 Å². The van der Waals surface area contributed by atoms with Gasteiger partial charge < -0.3 is 29.2 Å². The first-order valence-corrected chi connectivity index (χ1v) is 19.5. The Kier molecular flexibility index (Phi) is 9.93. The number of aromatic hydroxyl groups is 1. The molecule has 8 rings (SSSR count). The van der Waals surface area contributed by atoms with Crippen LogP contribution in [0.15, 0.2) is 54.7 Å². The van der Waals surface area contributed by atoms with E-state index in [1.165, 1.54) is 5.01 Å². The highest BCUT2D eigenvalue weighted by Crippen LogP contribution is 2.51. The summed E-state index contributed by atoms with van der Waals surface area (Å²) in [5, 5.41) is 16.7. The van der Waals surface area contributed by atoms with Crippen molar-refractivity contribution in [2.75, 3.05) is 33.5 Å². The second-order valence-electron chi connectivity index (χ2n) is 16.4. The van der Waals surface area contributed by atoms with E-state index in [0.29, 0.717) is 51.1 Å². The maximum Gasteiger partial charge on any atom is 0.324 e. The summed E-state index contributed by atoms with van der Waals surface area (Å²) < 4.78 is 19.7. The van der Waals surface area contributed by atoms with Crippen molar-refractivity contribution in [3.63, 3.8) is 0 Å². The fourth-order valence-corrected chi connectivity index (χ4v) is 8.96. The van der Waals surface area contributed by atoms with Gasteiger partial charge >= 0.3 is 5.97 Å². The first kappa shape index (κ1) is 37.2. The first-order valence-electron chi connectivity index (χ1n) is 19.5. The Labute approximate surface area is 321 Å². The minimum absolute atomic E-state index is 0.0639. The third kappa shape index (κ3) is 7.11. The number of phenols is 1. The molecule has 2 aromatic carbocycles. The van der Waals surface area contributed by atoms with Gasteiger partial charge in [-0.15, -0.1) is 0 Å². The second kappa shape index (κ2) is 14.7. The van der Waals surface area contributed by atoms with Crippen LogP contribution in [0.25, 0.3) is 33.3 Å². The fourth-order valence-electron chi connectivity index (χ4n) is 8.96. The number of esters is 1. The number of benzene rings is 2. The van der Waals surface area contributed by atoms with Crippen molar-refractivity contribution in [3.05, 3.63) is 71.5 Å². The fraction of sp³-hybridized carbons (Fsp3) is 0.488. The number of hydrazine groups is 1. The van der Waals surface area contributed by atoms with Crippen LogP contribution in [0.2, 0.25) is 0 Å². The molecule has 12 nitrogen and oxygen atoms in total. The molecule has 4 aliphatic rings. The average molecular weight is 750 g/mol. The molecule has 3 aliphatic heterocycles. The van der Waals surface area contributed by atoms with Crippen LogP contribution >= 0.6 is 0 Å². The molecule has 0 spiro atoms. The summed E-state index contributed by atoms with van der Waals surface area (Å²) in [7, 11) is 1.69. The van der Waals surface area contributed by atoms with Crippen LogP contribution in [-0.4, -0.2) is 83.0 Å². The number of pyridine rings is 1. The molecule has 0 radical (unpaired) electrons. The van der Waals surface area contributed by atoms with Gasteiger partial charge in [0, 0.05) is 60.6 Å². The van der Waals surface area contributed by atoms with E-state index in [9.17, 15) is 19.5 Å². The zero-order chi connectivity index (χ0) is 38.6. The largest absolute Gasteiger partial charge is 0.508 e. The molecule has 290 valence electrons. The van der Waals surface area contributed by atoms with Crippen molar-refractivity contribution >= 4 is 28.7 Å². The summed E-state index contributed by atoms with van der Waals surface area (Å²) >= 11 is 0. The number of hydrogen-bond acceptors (Lipinski definition) is 9. The number of aromatic nitrogens is 2. The Balaban J connectivity index is 1.26. The van der Waals surface area contributed by atoms with Crippen LogP contribution < -0.4 is 10.7 Å². The van der Waals surface area contributed by atoms with Crippen molar-refractivity contribution in [1.82, 2.24) is 25.3 Å². The van der Waals surface area contributed by atoms with Gasteiger partial charge in [-0.05, 0) is 104 Å². The van der Waals surface area contributed by atoms with E-state index in [1.807, 2.05) is 19.1 Å². The predicted octanol–water partition coefficient (Wildman–Crippen LogP) is 5.34. The SMILES string of the molecule is CCn1c(-c2cccnc2[C@H](C)OC)c2c3cc(ccc31)-c1cc(O)cc(c1)C[C@H](NC(=O)[C@@H]1[C@@H]3COC[C@@H]31)C(=O)N1CCC[C@H](N1)C(=O)OCC(C)(C)C2. The zero-order valence-corrected chi connectivity index (χ0v) is 32.3. The summed E-state index contributed by atoms with van der Waals surface area (Å²) in [4.78, 5) is 46.3. The Bertz CT molecular complexity index is 2130. The molecule has 0 unspecified atom stereocenters. The molecule has 6 atom stereocenters. The Morgan fingerprint density at radius 3 is 2.69 bits per heavy atom. The third-order valence-electron chi connectivity index (χ3n) is 11.9. The summed E-state index contributed by atoms with van der Waals surface area (Å²) in [5.74, 6) is -0.692. The minimum Gasteiger partial charge on any atom is -0.508 e. The maximum absolute atomic E-state index is 14.3. The number of carbonyl (C=O) groups is 3. The maximum atomic E-state index is 14.3. The van der Waals surface area contributed by atoms with Crippen LogP contribution in [0.5, 0.6) is 5.75 Å². The molecule has 2 saturated heterocycles. The number of aryl methyl sites for hydroxylation is 1. The molecule has 6 bridgehead atoms. The number of ether oxygens (including phenoxy) is 3. The molecule has 5 heterocycles. The van der Waals surface area contributed by atoms with Gasteiger partial charge in [0.1, 0.15) is 17.8 Å². The number of hydrogen-bond donors (Lipinski definition) is 3. The molecular formula is C43H51N5O7. The van der Waals surface area contributed by atoms with Gasteiger partial charge in [0.15, 0.2) is 0 Å². The van der Waals surface area contributed by atoms with E-state index in [0.717, 1.165) is 44.5 Å². The van der Waals surface area contributed by atoms with Crippen LogP contribution in [0.1, 0.15) is 63.5 Å². The number of nitrogens with zero attached hydrogens (tertiary/aromatic N) is 3. The highest BCUT2D eigenvalue weighted by molar-refractivity contribution is 5.95. The summed E-state index contributed by atoms with van der Waals surface area (Å²) in [6, 6.07) is 14.1. The molecular weight excluding hydrogens is 699 g/mol. The van der Waals surface area contributed by atoms with Gasteiger partial charge in [-0.25, -0.2) is 5.43 Å². The Morgan fingerprint density at radius 2 is 1.93 bits per heavy atom. The molecule has 12 heteroatoms. The molecule has 3 N–H and O–H groups in total. The molecule has 4 aromatic rings. The van der Waals surface area contributed by atoms with E-state index in [4.69, 9.17) is 19.2 Å². The lowest BCUT2D eigenvalue weighted by molar-refractivity contribution is -0.155. The van der Waals surface area contributed by atoms with Crippen LogP contribution in [-0.2, 0) is 48.0 Å². The number of rotatable bonds is 6. The molecule has 1 saturated carbocycles. The standard InChI is InChI=1S/C43H51N5O7/c1-6-47-36-12-11-26-19-30(36)31(39(47)29-9-7-13-44-38(29)24(2)53-5)20-43(3,4)23-55-42(52)34-10-8-14-48(46-34)41(51)35(17-25-15-27(26)18-28(49)16-25)45-40(50)37-32-21-54-22-33(32)37/h7,9,11-13,15-16,18-19,24,32-35,37,46,49H,6,8,10,14,17,20-23H2,1-5H3,(H,45,50)/t24-,32-,33+,34-,35-,37-/m0/s1. The van der Waals surface area contributed by atoms with Crippen LogP contribution in [0.3, 0.4) is 0 Å². The van der Waals surface area contributed by atoms with Crippen molar-refractivity contribution in [2.45, 2.75) is 78.1 Å².